The fourth-order valence-electron chi connectivity index (χ4n) is 2.02. The molecule has 0 saturated heterocycles. The molecule has 6 nitrogen and oxygen atoms in total. The van der Waals surface area contributed by atoms with Crippen molar-refractivity contribution in [3.63, 3.8) is 0 Å². The van der Waals surface area contributed by atoms with Gasteiger partial charge < -0.3 is 10.4 Å². The molecule has 0 aliphatic carbocycles. The average molecular weight is 276 g/mol. The molecule has 2 rings (SSSR count). The number of hydrogen-bond donors (Lipinski definition) is 3. The summed E-state index contributed by atoms with van der Waals surface area (Å²) in [6, 6.07) is 5.23. The van der Waals surface area contributed by atoms with Crippen LogP contribution >= 0.6 is 0 Å². The number of carbonyl (C=O) groups excluding carboxylic acids is 1. The first kappa shape index (κ1) is 14.5. The zero-order chi connectivity index (χ0) is 14.8. The third-order valence-electron chi connectivity index (χ3n) is 3.87. The lowest BCUT2D eigenvalue weighted by Crippen LogP contribution is -2.45. The lowest BCUT2D eigenvalue weighted by Gasteiger charge is -2.29. The molecule has 0 aliphatic heterocycles. The highest BCUT2D eigenvalue weighted by Gasteiger charge is 2.27. The Labute approximate surface area is 117 Å². The fourth-order valence-corrected chi connectivity index (χ4v) is 2.02. The molecule has 2 atom stereocenters. The van der Waals surface area contributed by atoms with Crippen LogP contribution in [0, 0.1) is 5.92 Å². The standard InChI is InChI=1S/C14H20N4O2/c1-4-9(2)14(3,20)8-15-13(19)10-6-5-7-11-12(10)17-18-16-11/h5-7,9,20H,4,8H2,1-3H3,(H,15,19)(H,16,17,18)/t9-,14-/m1/s1. The number of fused-ring (bicyclic) bond motifs is 1. The first-order valence-corrected chi connectivity index (χ1v) is 6.75. The monoisotopic (exact) mass is 276 g/mol. The highest BCUT2D eigenvalue weighted by atomic mass is 16.3. The molecule has 0 spiro atoms. The summed E-state index contributed by atoms with van der Waals surface area (Å²) in [6.45, 7) is 5.91. The number of benzene rings is 1. The minimum absolute atomic E-state index is 0.102. The van der Waals surface area contributed by atoms with Crippen molar-refractivity contribution in [3.05, 3.63) is 23.8 Å². The second-order valence-electron chi connectivity index (χ2n) is 5.35. The van der Waals surface area contributed by atoms with E-state index in [-0.39, 0.29) is 18.4 Å². The molecular weight excluding hydrogens is 256 g/mol. The molecule has 0 fully saturated rings. The van der Waals surface area contributed by atoms with E-state index in [1.165, 1.54) is 0 Å². The third kappa shape index (κ3) is 2.80. The van der Waals surface area contributed by atoms with E-state index < -0.39 is 5.60 Å². The summed E-state index contributed by atoms with van der Waals surface area (Å²) in [5.41, 5.74) is 0.706. The maximum atomic E-state index is 12.2. The van der Waals surface area contributed by atoms with E-state index in [0.29, 0.717) is 16.6 Å². The van der Waals surface area contributed by atoms with E-state index in [2.05, 4.69) is 20.7 Å². The second-order valence-corrected chi connectivity index (χ2v) is 5.35. The molecule has 0 radical (unpaired) electrons. The third-order valence-corrected chi connectivity index (χ3v) is 3.87. The van der Waals surface area contributed by atoms with Gasteiger partial charge in [0.05, 0.1) is 11.2 Å². The van der Waals surface area contributed by atoms with Crippen molar-refractivity contribution < 1.29 is 9.90 Å². The summed E-state index contributed by atoms with van der Waals surface area (Å²) in [5, 5.41) is 23.5. The van der Waals surface area contributed by atoms with Gasteiger partial charge in [-0.1, -0.05) is 26.3 Å². The molecule has 1 aromatic heterocycles. The molecule has 2 aromatic rings. The van der Waals surface area contributed by atoms with Crippen molar-refractivity contribution in [2.45, 2.75) is 32.8 Å². The minimum Gasteiger partial charge on any atom is -0.388 e. The van der Waals surface area contributed by atoms with Gasteiger partial charge in [-0.15, -0.1) is 0 Å². The number of hydrogen-bond acceptors (Lipinski definition) is 4. The first-order valence-electron chi connectivity index (χ1n) is 6.75. The van der Waals surface area contributed by atoms with Crippen LogP contribution in [0.5, 0.6) is 0 Å². The smallest absolute Gasteiger partial charge is 0.253 e. The number of aliphatic hydroxyl groups is 1. The molecule has 0 bridgehead atoms. The minimum atomic E-state index is -0.928. The normalized spacial score (nSPS) is 15.8. The number of nitrogens with one attached hydrogen (secondary N) is 2. The fraction of sp³-hybridized carbons (Fsp3) is 0.500. The lowest BCUT2D eigenvalue weighted by atomic mass is 9.88. The topological polar surface area (TPSA) is 90.9 Å². The van der Waals surface area contributed by atoms with E-state index >= 15 is 0 Å². The quantitative estimate of drug-likeness (QED) is 0.771. The number of para-hydroxylation sites is 1. The van der Waals surface area contributed by atoms with Crippen molar-refractivity contribution in [2.24, 2.45) is 5.92 Å². The van der Waals surface area contributed by atoms with Crippen LogP contribution in [0.4, 0.5) is 0 Å². The molecule has 1 heterocycles. The van der Waals surface area contributed by atoms with Gasteiger partial charge in [0.2, 0.25) is 0 Å². The number of aromatic nitrogens is 3. The Bertz CT molecular complexity index is 606. The number of amides is 1. The van der Waals surface area contributed by atoms with Gasteiger partial charge in [-0.3, -0.25) is 4.79 Å². The summed E-state index contributed by atoms with van der Waals surface area (Å²) in [7, 11) is 0. The van der Waals surface area contributed by atoms with Crippen molar-refractivity contribution >= 4 is 16.9 Å². The van der Waals surface area contributed by atoms with Gasteiger partial charge in [-0.05, 0) is 25.0 Å². The van der Waals surface area contributed by atoms with E-state index in [1.807, 2.05) is 13.8 Å². The zero-order valence-corrected chi connectivity index (χ0v) is 12.0. The van der Waals surface area contributed by atoms with Gasteiger partial charge in [0.1, 0.15) is 11.0 Å². The first-order chi connectivity index (χ1) is 9.45. The molecule has 1 amide bonds. The number of aromatic amines is 1. The molecule has 108 valence electrons. The van der Waals surface area contributed by atoms with Crippen molar-refractivity contribution in [1.29, 1.82) is 0 Å². The maximum absolute atomic E-state index is 12.2. The van der Waals surface area contributed by atoms with Gasteiger partial charge in [0.15, 0.2) is 0 Å². The highest BCUT2D eigenvalue weighted by molar-refractivity contribution is 6.04. The summed E-state index contributed by atoms with van der Waals surface area (Å²) >= 11 is 0. The Hall–Kier alpha value is -1.95. The SMILES string of the molecule is CC[C@@H](C)[C@](C)(O)CNC(=O)c1cccc2n[nH]nc12. The van der Waals surface area contributed by atoms with Gasteiger partial charge in [0, 0.05) is 6.54 Å². The van der Waals surface area contributed by atoms with E-state index in [4.69, 9.17) is 0 Å². The van der Waals surface area contributed by atoms with Crippen LogP contribution in [0.1, 0.15) is 37.6 Å². The van der Waals surface area contributed by atoms with Crippen LogP contribution < -0.4 is 5.32 Å². The second kappa shape index (κ2) is 5.58. The number of H-pyrrole nitrogens is 1. The predicted octanol–water partition coefficient (Wildman–Crippen LogP) is 1.48. The van der Waals surface area contributed by atoms with E-state index in [9.17, 15) is 9.90 Å². The average Bonchev–Trinajstić information content (AvgIpc) is 2.92. The highest BCUT2D eigenvalue weighted by Crippen LogP contribution is 2.19. The molecule has 1 aromatic carbocycles. The zero-order valence-electron chi connectivity index (χ0n) is 12.0. The van der Waals surface area contributed by atoms with Gasteiger partial charge >= 0.3 is 0 Å². The van der Waals surface area contributed by atoms with Crippen molar-refractivity contribution in [2.75, 3.05) is 6.54 Å². The molecule has 20 heavy (non-hydrogen) atoms. The van der Waals surface area contributed by atoms with Crippen molar-refractivity contribution in [1.82, 2.24) is 20.7 Å². The molecular formula is C14H20N4O2. The van der Waals surface area contributed by atoms with Crippen LogP contribution in [0.15, 0.2) is 18.2 Å². The number of rotatable bonds is 5. The predicted molar refractivity (Wildman–Crippen MR) is 76.3 cm³/mol. The number of carbonyl (C=O) groups is 1. The molecule has 0 saturated carbocycles. The van der Waals surface area contributed by atoms with Crippen LogP contribution in [-0.4, -0.2) is 38.6 Å². The largest absolute Gasteiger partial charge is 0.388 e. The van der Waals surface area contributed by atoms with E-state index in [0.717, 1.165) is 6.42 Å². The molecule has 3 N–H and O–H groups in total. The van der Waals surface area contributed by atoms with Crippen LogP contribution in [0.3, 0.4) is 0 Å². The molecule has 0 aliphatic rings. The summed E-state index contributed by atoms with van der Waals surface area (Å²) in [6.07, 6.45) is 0.849. The van der Waals surface area contributed by atoms with Gasteiger partial charge in [-0.25, -0.2) is 0 Å². The molecule has 0 unspecified atom stereocenters. The Morgan fingerprint density at radius 1 is 1.50 bits per heavy atom. The van der Waals surface area contributed by atoms with E-state index in [1.54, 1.807) is 25.1 Å². The Morgan fingerprint density at radius 2 is 2.25 bits per heavy atom. The summed E-state index contributed by atoms with van der Waals surface area (Å²) in [5.74, 6) is -0.154. The summed E-state index contributed by atoms with van der Waals surface area (Å²) in [4.78, 5) is 12.2. The van der Waals surface area contributed by atoms with Crippen molar-refractivity contribution in [3.8, 4) is 0 Å². The Morgan fingerprint density at radius 3 is 2.95 bits per heavy atom. The van der Waals surface area contributed by atoms with Crippen LogP contribution in [0.25, 0.3) is 11.0 Å². The van der Waals surface area contributed by atoms with Gasteiger partial charge in [0.25, 0.3) is 5.91 Å². The van der Waals surface area contributed by atoms with Gasteiger partial charge in [-0.2, -0.15) is 15.4 Å². The Balaban J connectivity index is 2.11. The number of nitrogens with zero attached hydrogens (tertiary/aromatic N) is 2. The molecule has 6 heteroatoms. The van der Waals surface area contributed by atoms with Crippen LogP contribution in [-0.2, 0) is 0 Å². The Kier molecular flexibility index (Phi) is 4.04. The summed E-state index contributed by atoms with van der Waals surface area (Å²) < 4.78 is 0. The van der Waals surface area contributed by atoms with Crippen LogP contribution in [0.2, 0.25) is 0 Å². The lowest BCUT2D eigenvalue weighted by molar-refractivity contribution is 0.00594. The maximum Gasteiger partial charge on any atom is 0.253 e.